The first-order valence-corrected chi connectivity index (χ1v) is 10.7. The number of carbonyl (C=O) groups is 1. The van der Waals surface area contributed by atoms with Crippen LogP contribution in [0.15, 0.2) is 42.7 Å². The van der Waals surface area contributed by atoms with E-state index < -0.39 is 11.9 Å². The molecule has 4 heterocycles. The number of ether oxygens (including phenoxy) is 1. The highest BCUT2D eigenvalue weighted by molar-refractivity contribution is 6.03. The Bertz CT molecular complexity index is 1410. The van der Waals surface area contributed by atoms with Crippen LogP contribution in [0.3, 0.4) is 0 Å². The largest absolute Gasteiger partial charge is 0.378 e. The summed E-state index contributed by atoms with van der Waals surface area (Å²) in [6, 6.07) is 10.6. The van der Waals surface area contributed by atoms with Gasteiger partial charge in [0.2, 0.25) is 11.9 Å². The molecule has 2 atom stereocenters. The van der Waals surface area contributed by atoms with Crippen molar-refractivity contribution < 1.29 is 13.9 Å². The number of nitriles is 1. The minimum Gasteiger partial charge on any atom is -0.378 e. The predicted octanol–water partition coefficient (Wildman–Crippen LogP) is 3.91. The Hall–Kier alpha value is -3.90. The molecule has 1 N–H and O–H groups in total. The maximum atomic E-state index is 13.9. The van der Waals surface area contributed by atoms with Crippen molar-refractivity contribution in [1.82, 2.24) is 19.5 Å². The van der Waals surface area contributed by atoms with E-state index in [-0.39, 0.29) is 24.3 Å². The van der Waals surface area contributed by atoms with E-state index in [2.05, 4.69) is 25.9 Å². The average molecular weight is 444 g/mol. The third-order valence-electron chi connectivity index (χ3n) is 5.89. The third kappa shape index (κ3) is 4.01. The summed E-state index contributed by atoms with van der Waals surface area (Å²) in [6.07, 6.45) is 4.56. The van der Waals surface area contributed by atoms with E-state index in [1.54, 1.807) is 24.4 Å². The number of amides is 1. The molecule has 5 rings (SSSR count). The van der Waals surface area contributed by atoms with Crippen LogP contribution < -0.4 is 5.32 Å². The lowest BCUT2D eigenvalue weighted by atomic mass is 10.0. The topological polar surface area (TPSA) is 106 Å². The standard InChI is InChI=1S/C24H21FN6O2/c1-14-9-16(6-8-33-14)31-21(11-22(32)30-19-3-2-7-27-24(19)25)29-20-13-28-18-5-4-15(12-26)10-17(18)23(20)31/h2-5,7,10,13-14,16H,6,8-9,11H2,1H3,(H,30,32)/t14-,16-/m1/s1. The van der Waals surface area contributed by atoms with Crippen LogP contribution in [0.2, 0.25) is 0 Å². The summed E-state index contributed by atoms with van der Waals surface area (Å²) in [5, 5.41) is 12.8. The lowest BCUT2D eigenvalue weighted by Crippen LogP contribution is -2.27. The number of rotatable bonds is 4. The Morgan fingerprint density at radius 1 is 1.33 bits per heavy atom. The number of imidazole rings is 1. The second-order valence-electron chi connectivity index (χ2n) is 8.16. The number of aromatic nitrogens is 4. The van der Waals surface area contributed by atoms with Crippen molar-refractivity contribution in [3.8, 4) is 6.07 Å². The van der Waals surface area contributed by atoms with E-state index in [0.717, 1.165) is 29.3 Å². The number of pyridine rings is 2. The Balaban J connectivity index is 1.62. The Morgan fingerprint density at radius 3 is 3.00 bits per heavy atom. The van der Waals surface area contributed by atoms with Gasteiger partial charge in [-0.3, -0.25) is 9.78 Å². The van der Waals surface area contributed by atoms with Gasteiger partial charge < -0.3 is 14.6 Å². The Morgan fingerprint density at radius 2 is 2.21 bits per heavy atom. The van der Waals surface area contributed by atoms with Gasteiger partial charge in [0.1, 0.15) is 11.3 Å². The number of benzene rings is 1. The molecule has 1 saturated heterocycles. The lowest BCUT2D eigenvalue weighted by molar-refractivity contribution is -0.115. The van der Waals surface area contributed by atoms with E-state index in [1.165, 1.54) is 12.3 Å². The molecule has 1 fully saturated rings. The molecule has 3 aromatic heterocycles. The van der Waals surface area contributed by atoms with Gasteiger partial charge in [0.15, 0.2) is 0 Å². The molecule has 1 aromatic carbocycles. The van der Waals surface area contributed by atoms with E-state index in [1.807, 2.05) is 13.0 Å². The zero-order valence-corrected chi connectivity index (χ0v) is 18.0. The molecule has 4 aromatic rings. The van der Waals surface area contributed by atoms with Crippen LogP contribution in [-0.4, -0.2) is 38.1 Å². The van der Waals surface area contributed by atoms with Crippen LogP contribution in [-0.2, 0) is 16.0 Å². The number of nitrogens with one attached hydrogen (secondary N) is 1. The van der Waals surface area contributed by atoms with Gasteiger partial charge in [0.05, 0.1) is 47.1 Å². The molecule has 8 nitrogen and oxygen atoms in total. The molecule has 0 bridgehead atoms. The number of hydrogen-bond acceptors (Lipinski definition) is 6. The van der Waals surface area contributed by atoms with Crippen LogP contribution in [0, 0.1) is 17.3 Å². The first-order chi connectivity index (χ1) is 16.0. The van der Waals surface area contributed by atoms with Crippen LogP contribution in [0.4, 0.5) is 10.1 Å². The molecule has 166 valence electrons. The molecule has 0 spiro atoms. The lowest BCUT2D eigenvalue weighted by Gasteiger charge is -2.30. The van der Waals surface area contributed by atoms with Crippen molar-refractivity contribution in [2.45, 2.75) is 38.3 Å². The van der Waals surface area contributed by atoms with Crippen LogP contribution in [0.5, 0.6) is 0 Å². The molecule has 0 aliphatic carbocycles. The number of hydrogen-bond donors (Lipinski definition) is 1. The summed E-state index contributed by atoms with van der Waals surface area (Å²) in [7, 11) is 0. The SMILES string of the molecule is C[C@@H]1C[C@H](n2c(CC(=O)Nc3cccnc3F)nc3cnc4ccc(C#N)cc4c32)CCO1. The second kappa shape index (κ2) is 8.56. The second-order valence-corrected chi connectivity index (χ2v) is 8.16. The quantitative estimate of drug-likeness (QED) is 0.479. The van der Waals surface area contributed by atoms with Gasteiger partial charge in [-0.2, -0.15) is 9.65 Å². The molecule has 0 saturated carbocycles. The number of carbonyl (C=O) groups excluding carboxylic acids is 1. The maximum absolute atomic E-state index is 13.9. The zero-order chi connectivity index (χ0) is 22.9. The molecular formula is C24H21FN6O2. The smallest absolute Gasteiger partial charge is 0.236 e. The predicted molar refractivity (Wildman–Crippen MR) is 120 cm³/mol. The number of halogens is 1. The van der Waals surface area contributed by atoms with Crippen LogP contribution in [0.25, 0.3) is 21.9 Å². The summed E-state index contributed by atoms with van der Waals surface area (Å²) in [6.45, 7) is 2.63. The Labute approximate surface area is 189 Å². The molecule has 33 heavy (non-hydrogen) atoms. The molecule has 1 aliphatic rings. The van der Waals surface area contributed by atoms with Crippen molar-refractivity contribution >= 4 is 33.5 Å². The fraction of sp³-hybridized carbons (Fsp3) is 0.292. The summed E-state index contributed by atoms with van der Waals surface area (Å²) in [4.78, 5) is 25.6. The van der Waals surface area contributed by atoms with E-state index >= 15 is 0 Å². The minimum absolute atomic E-state index is 0.0237. The number of nitrogens with zero attached hydrogens (tertiary/aromatic N) is 5. The minimum atomic E-state index is -0.739. The fourth-order valence-corrected chi connectivity index (χ4v) is 4.44. The highest BCUT2D eigenvalue weighted by atomic mass is 19.1. The molecule has 0 radical (unpaired) electrons. The zero-order valence-electron chi connectivity index (χ0n) is 18.0. The molecule has 1 aliphatic heterocycles. The van der Waals surface area contributed by atoms with Gasteiger partial charge >= 0.3 is 0 Å². The highest BCUT2D eigenvalue weighted by Crippen LogP contribution is 2.34. The number of anilines is 1. The van der Waals surface area contributed by atoms with Gasteiger partial charge in [0.25, 0.3) is 0 Å². The Kier molecular flexibility index (Phi) is 5.44. The van der Waals surface area contributed by atoms with Gasteiger partial charge in [-0.25, -0.2) is 9.97 Å². The van der Waals surface area contributed by atoms with E-state index in [9.17, 15) is 14.4 Å². The van der Waals surface area contributed by atoms with Crippen LogP contribution >= 0.6 is 0 Å². The normalized spacial score (nSPS) is 18.3. The molecule has 1 amide bonds. The summed E-state index contributed by atoms with van der Waals surface area (Å²) >= 11 is 0. The first-order valence-electron chi connectivity index (χ1n) is 10.7. The molecular weight excluding hydrogens is 423 g/mol. The molecule has 0 unspecified atom stereocenters. The van der Waals surface area contributed by atoms with Crippen LogP contribution in [0.1, 0.15) is 37.2 Å². The first kappa shape index (κ1) is 21.0. The summed E-state index contributed by atoms with van der Waals surface area (Å²) in [5.41, 5.74) is 2.78. The summed E-state index contributed by atoms with van der Waals surface area (Å²) in [5.74, 6) is -0.576. The average Bonchev–Trinajstić information content (AvgIpc) is 3.18. The highest BCUT2D eigenvalue weighted by Gasteiger charge is 2.27. The van der Waals surface area contributed by atoms with E-state index in [4.69, 9.17) is 9.72 Å². The van der Waals surface area contributed by atoms with Crippen molar-refractivity contribution in [1.29, 1.82) is 5.26 Å². The maximum Gasteiger partial charge on any atom is 0.236 e. The van der Waals surface area contributed by atoms with Crippen molar-refractivity contribution in [3.05, 3.63) is 60.1 Å². The van der Waals surface area contributed by atoms with Gasteiger partial charge in [0, 0.05) is 24.2 Å². The fourth-order valence-electron chi connectivity index (χ4n) is 4.44. The van der Waals surface area contributed by atoms with E-state index in [0.29, 0.717) is 23.5 Å². The molecule has 9 heteroatoms. The third-order valence-corrected chi connectivity index (χ3v) is 5.89. The van der Waals surface area contributed by atoms with Crippen molar-refractivity contribution in [3.63, 3.8) is 0 Å². The number of fused-ring (bicyclic) bond motifs is 3. The monoisotopic (exact) mass is 444 g/mol. The van der Waals surface area contributed by atoms with Gasteiger partial charge in [-0.15, -0.1) is 0 Å². The van der Waals surface area contributed by atoms with Gasteiger partial charge in [-0.1, -0.05) is 0 Å². The summed E-state index contributed by atoms with van der Waals surface area (Å²) < 4.78 is 21.7. The van der Waals surface area contributed by atoms with Crippen molar-refractivity contribution in [2.24, 2.45) is 0 Å². The van der Waals surface area contributed by atoms with Gasteiger partial charge in [-0.05, 0) is 50.1 Å². The van der Waals surface area contributed by atoms with Crippen molar-refractivity contribution in [2.75, 3.05) is 11.9 Å².